The van der Waals surface area contributed by atoms with Gasteiger partial charge in [-0.05, 0) is 0 Å². The molecule has 0 aliphatic carbocycles. The third kappa shape index (κ3) is 6320. The maximum Gasteiger partial charge on any atom is 1.00 e. The van der Waals surface area contributed by atoms with Gasteiger partial charge in [-0.1, -0.05) is 41.5 Å². The molecule has 0 fully saturated rings. The summed E-state index contributed by atoms with van der Waals surface area (Å²) in [6, 6.07) is 0. The molecule has 0 radical (unpaired) electrons. The Kier molecular flexibility index (Phi) is 35100. The zero-order chi connectivity index (χ0) is 14.0. The molecule has 6 nitrogen and oxygen atoms in total. The first-order chi connectivity index (χ1) is 7.00. The van der Waals surface area contributed by atoms with E-state index >= 15 is 0 Å². The summed E-state index contributed by atoms with van der Waals surface area (Å²) in [5, 5.41) is 28.0. The minimum absolute atomic E-state index is 0. The molecule has 114 valence electrons. The zero-order valence-electron chi connectivity index (χ0n) is 13.7. The third-order valence-corrected chi connectivity index (χ3v) is 0. The average molecular weight is 276 g/mol. The topological polar surface area (TPSA) is 142 Å². The van der Waals surface area contributed by atoms with E-state index in [2.05, 4.69) is 0 Å². The molecule has 0 aromatic carbocycles. The fraction of sp³-hybridized carbons (Fsp3) is 1.00. The van der Waals surface area contributed by atoms with Crippen molar-refractivity contribution in [1.82, 2.24) is 0 Å². The molecule has 0 unspecified atom stereocenters. The summed E-state index contributed by atoms with van der Waals surface area (Å²) < 4.78 is 0. The van der Waals surface area contributed by atoms with Gasteiger partial charge in [-0.3, -0.25) is 0 Å². The van der Waals surface area contributed by atoms with Crippen LogP contribution in [0.2, 0.25) is 0 Å². The van der Waals surface area contributed by atoms with Gasteiger partial charge in [0.25, 0.3) is 0 Å². The van der Waals surface area contributed by atoms with E-state index in [-0.39, 0.29) is 40.5 Å². The van der Waals surface area contributed by atoms with Crippen molar-refractivity contribution in [1.29, 1.82) is 0 Å². The number of hydrogen-bond acceptors (Lipinski definition) is 5. The number of rotatable bonds is 0. The molecule has 0 saturated carbocycles. The molecule has 0 saturated heterocycles. The quantitative estimate of drug-likeness (QED) is 0.362. The van der Waals surface area contributed by atoms with Crippen LogP contribution < -0.4 is 29.6 Å². The second kappa shape index (κ2) is 7210. The molecular formula is C10H37NaO6. The summed E-state index contributed by atoms with van der Waals surface area (Å²) in [4.78, 5) is 0. The predicted molar refractivity (Wildman–Crippen MR) is 72.2 cm³/mol. The molecule has 0 bridgehead atoms. The van der Waals surface area contributed by atoms with Crippen molar-refractivity contribution in [3.63, 3.8) is 0 Å². The molecule has 0 rings (SSSR count). The summed E-state index contributed by atoms with van der Waals surface area (Å²) >= 11 is 0. The van der Waals surface area contributed by atoms with Crippen LogP contribution in [0.5, 0.6) is 0 Å². The van der Waals surface area contributed by atoms with E-state index in [1.165, 1.54) is 0 Å². The SMILES string of the molecule is CC.CC.CC.CO.CO.CO.CO.O.[Na+].[OH-]. The Labute approximate surface area is 131 Å². The number of aliphatic hydroxyl groups excluding tert-OH is 4. The molecular weight excluding hydrogens is 239 g/mol. The van der Waals surface area contributed by atoms with E-state index in [1.807, 2.05) is 41.5 Å². The zero-order valence-corrected chi connectivity index (χ0v) is 15.7. The Morgan fingerprint density at radius 2 is 0.412 bits per heavy atom. The monoisotopic (exact) mass is 276 g/mol. The van der Waals surface area contributed by atoms with Crippen molar-refractivity contribution in [2.24, 2.45) is 0 Å². The summed E-state index contributed by atoms with van der Waals surface area (Å²) in [6.07, 6.45) is 0. The van der Waals surface area contributed by atoms with E-state index in [9.17, 15) is 0 Å². The Balaban J connectivity index is -0.00000000408. The second-order valence-corrected chi connectivity index (χ2v) is 0. The van der Waals surface area contributed by atoms with Crippen molar-refractivity contribution in [2.45, 2.75) is 41.5 Å². The normalized spacial score (nSPS) is 2.47. The van der Waals surface area contributed by atoms with Crippen molar-refractivity contribution >= 4 is 0 Å². The summed E-state index contributed by atoms with van der Waals surface area (Å²) in [7, 11) is 4.00. The van der Waals surface area contributed by atoms with Gasteiger partial charge in [0, 0.05) is 28.4 Å². The van der Waals surface area contributed by atoms with Crippen LogP contribution in [0.25, 0.3) is 0 Å². The van der Waals surface area contributed by atoms with Crippen molar-refractivity contribution in [3.8, 4) is 0 Å². The molecule has 0 heterocycles. The van der Waals surface area contributed by atoms with Gasteiger partial charge in [0.05, 0.1) is 0 Å². The smallest absolute Gasteiger partial charge is 0.870 e. The van der Waals surface area contributed by atoms with Crippen LogP contribution >= 0.6 is 0 Å². The molecule has 0 aliphatic rings. The Morgan fingerprint density at radius 1 is 0.412 bits per heavy atom. The maximum atomic E-state index is 7.00. The first-order valence-corrected chi connectivity index (χ1v) is 4.79. The minimum Gasteiger partial charge on any atom is -0.870 e. The molecule has 0 amide bonds. The fourth-order valence-corrected chi connectivity index (χ4v) is 0. The Bertz CT molecular complexity index is 20.8. The molecule has 0 atom stereocenters. The number of aliphatic hydroxyl groups is 4. The molecule has 7 N–H and O–H groups in total. The van der Waals surface area contributed by atoms with E-state index in [0.29, 0.717) is 0 Å². The van der Waals surface area contributed by atoms with Crippen LogP contribution in [-0.4, -0.2) is 59.8 Å². The molecule has 0 aliphatic heterocycles. The van der Waals surface area contributed by atoms with Gasteiger partial charge in [-0.25, -0.2) is 0 Å². The first-order valence-electron chi connectivity index (χ1n) is 4.79. The maximum absolute atomic E-state index is 7.00. The van der Waals surface area contributed by atoms with Crippen LogP contribution in [0.4, 0.5) is 0 Å². The van der Waals surface area contributed by atoms with Gasteiger partial charge < -0.3 is 31.4 Å². The average Bonchev–Trinajstić information content (AvgIpc) is 2.45. The fourth-order valence-electron chi connectivity index (χ4n) is 0. The van der Waals surface area contributed by atoms with Crippen LogP contribution in [-0.2, 0) is 0 Å². The van der Waals surface area contributed by atoms with Crippen LogP contribution in [0, 0.1) is 0 Å². The van der Waals surface area contributed by atoms with Gasteiger partial charge in [0.2, 0.25) is 0 Å². The van der Waals surface area contributed by atoms with Crippen LogP contribution in [0.3, 0.4) is 0 Å². The standard InChI is InChI=1S/3C2H6.4CH4O.Na.2H2O/c7*1-2;;;/h3*1-2H3;4*2H,1H3;;2*1H2/q;;;;;;;+1;;/p-1. The van der Waals surface area contributed by atoms with E-state index < -0.39 is 0 Å². The summed E-state index contributed by atoms with van der Waals surface area (Å²) in [6.45, 7) is 12.0. The predicted octanol–water partition coefficient (Wildman–Crippen LogP) is -2.48. The first kappa shape index (κ1) is 82.8. The third-order valence-electron chi connectivity index (χ3n) is 0. The van der Waals surface area contributed by atoms with Crippen molar-refractivity contribution < 1.29 is 60.9 Å². The Morgan fingerprint density at radius 3 is 0.412 bits per heavy atom. The molecule has 0 spiro atoms. The largest absolute Gasteiger partial charge is 1.00 e. The van der Waals surface area contributed by atoms with E-state index in [1.54, 1.807) is 0 Å². The molecule has 0 aromatic rings. The summed E-state index contributed by atoms with van der Waals surface area (Å²) in [5.41, 5.74) is 0. The van der Waals surface area contributed by atoms with Crippen LogP contribution in [0.15, 0.2) is 0 Å². The van der Waals surface area contributed by atoms with E-state index in [4.69, 9.17) is 20.4 Å². The van der Waals surface area contributed by atoms with Gasteiger partial charge in [-0.15, -0.1) is 0 Å². The summed E-state index contributed by atoms with van der Waals surface area (Å²) in [5.74, 6) is 0. The van der Waals surface area contributed by atoms with E-state index in [0.717, 1.165) is 28.4 Å². The molecule has 17 heavy (non-hydrogen) atoms. The Hall–Kier alpha value is 0.760. The molecule has 7 heteroatoms. The van der Waals surface area contributed by atoms with Crippen molar-refractivity contribution in [2.75, 3.05) is 28.4 Å². The van der Waals surface area contributed by atoms with Gasteiger partial charge in [-0.2, -0.15) is 0 Å². The number of hydrogen-bond donors (Lipinski definition) is 4. The van der Waals surface area contributed by atoms with Crippen LogP contribution in [0.1, 0.15) is 41.5 Å². The second-order valence-electron chi connectivity index (χ2n) is 0. The minimum atomic E-state index is 0. The van der Waals surface area contributed by atoms with Gasteiger partial charge in [0.1, 0.15) is 0 Å². The van der Waals surface area contributed by atoms with Gasteiger partial charge in [0.15, 0.2) is 0 Å². The molecule has 0 aromatic heterocycles. The van der Waals surface area contributed by atoms with Crippen molar-refractivity contribution in [3.05, 3.63) is 0 Å². The van der Waals surface area contributed by atoms with Gasteiger partial charge >= 0.3 is 29.6 Å².